The number of carbonyl (C=O) groups excluding carboxylic acids is 1. The van der Waals surface area contributed by atoms with Crippen LogP contribution in [0.15, 0.2) is 0 Å². The molecular formula is C16H30O2. The highest BCUT2D eigenvalue weighted by atomic mass is 16.3. The van der Waals surface area contributed by atoms with E-state index in [1.807, 2.05) is 6.92 Å². The maximum absolute atomic E-state index is 11.8. The van der Waals surface area contributed by atoms with E-state index < -0.39 is 5.60 Å². The van der Waals surface area contributed by atoms with Gasteiger partial charge in [0.05, 0.1) is 5.60 Å². The minimum atomic E-state index is -0.767. The zero-order valence-corrected chi connectivity index (χ0v) is 12.0. The molecular weight excluding hydrogens is 224 g/mol. The van der Waals surface area contributed by atoms with E-state index in [0.29, 0.717) is 12.8 Å². The predicted molar refractivity (Wildman–Crippen MR) is 75.7 cm³/mol. The molecule has 1 aliphatic rings. The molecule has 0 aromatic heterocycles. The van der Waals surface area contributed by atoms with Gasteiger partial charge in [-0.05, 0) is 19.8 Å². The molecule has 1 aliphatic carbocycles. The summed E-state index contributed by atoms with van der Waals surface area (Å²) in [4.78, 5) is 11.8. The van der Waals surface area contributed by atoms with E-state index in [9.17, 15) is 9.90 Å². The monoisotopic (exact) mass is 254 g/mol. The second kappa shape index (κ2) is 8.68. The van der Waals surface area contributed by atoms with Crippen molar-refractivity contribution in [2.24, 2.45) is 0 Å². The molecule has 106 valence electrons. The summed E-state index contributed by atoms with van der Waals surface area (Å²) in [7, 11) is 0. The van der Waals surface area contributed by atoms with E-state index >= 15 is 0 Å². The minimum absolute atomic E-state index is 0.245. The Morgan fingerprint density at radius 2 is 1.28 bits per heavy atom. The number of ketones is 1. The van der Waals surface area contributed by atoms with Crippen molar-refractivity contribution in [2.45, 2.75) is 96.0 Å². The van der Waals surface area contributed by atoms with Gasteiger partial charge in [0.15, 0.2) is 0 Å². The number of hydrogen-bond acceptors (Lipinski definition) is 2. The Kier molecular flexibility index (Phi) is 7.57. The SMILES string of the molecule is CC1(O)CCCCCCCCCCCCC(=O)C1. The lowest BCUT2D eigenvalue weighted by Crippen LogP contribution is -2.27. The maximum atomic E-state index is 11.8. The second-order valence-corrected chi connectivity index (χ2v) is 6.25. The lowest BCUT2D eigenvalue weighted by molar-refractivity contribution is -0.123. The molecule has 1 atom stereocenters. The van der Waals surface area contributed by atoms with Crippen molar-refractivity contribution in [3.8, 4) is 0 Å². The summed E-state index contributed by atoms with van der Waals surface area (Å²) in [6.45, 7) is 1.82. The second-order valence-electron chi connectivity index (χ2n) is 6.25. The van der Waals surface area contributed by atoms with E-state index in [-0.39, 0.29) is 5.78 Å². The highest BCUT2D eigenvalue weighted by Crippen LogP contribution is 2.22. The smallest absolute Gasteiger partial charge is 0.135 e. The first kappa shape index (κ1) is 15.7. The fourth-order valence-electron chi connectivity index (χ4n) is 2.84. The van der Waals surface area contributed by atoms with Crippen molar-refractivity contribution in [3.63, 3.8) is 0 Å². The van der Waals surface area contributed by atoms with Crippen LogP contribution in [0.25, 0.3) is 0 Å². The molecule has 0 aliphatic heterocycles. The molecule has 1 N–H and O–H groups in total. The Morgan fingerprint density at radius 3 is 1.83 bits per heavy atom. The number of hydrogen-bond donors (Lipinski definition) is 1. The lowest BCUT2D eigenvalue weighted by atomic mass is 9.91. The van der Waals surface area contributed by atoms with Gasteiger partial charge in [-0.2, -0.15) is 0 Å². The van der Waals surface area contributed by atoms with E-state index in [0.717, 1.165) is 19.3 Å². The quantitative estimate of drug-likeness (QED) is 0.696. The van der Waals surface area contributed by atoms with Crippen molar-refractivity contribution in [3.05, 3.63) is 0 Å². The fourth-order valence-corrected chi connectivity index (χ4v) is 2.84. The standard InChI is InChI=1S/C16H30O2/c1-16(18)13-11-9-7-5-3-2-4-6-8-10-12-15(17)14-16/h18H,2-14H2,1H3. The Balaban J connectivity index is 2.35. The Bertz CT molecular complexity index is 233. The minimum Gasteiger partial charge on any atom is -0.390 e. The number of aliphatic hydroxyl groups is 1. The molecule has 1 unspecified atom stereocenters. The summed E-state index contributed by atoms with van der Waals surface area (Å²) in [5.41, 5.74) is -0.767. The van der Waals surface area contributed by atoms with Crippen LogP contribution >= 0.6 is 0 Å². The van der Waals surface area contributed by atoms with Gasteiger partial charge in [0.25, 0.3) is 0 Å². The van der Waals surface area contributed by atoms with Crippen LogP contribution in [-0.4, -0.2) is 16.5 Å². The highest BCUT2D eigenvalue weighted by Gasteiger charge is 2.23. The van der Waals surface area contributed by atoms with Gasteiger partial charge in [-0.1, -0.05) is 57.8 Å². The van der Waals surface area contributed by atoms with E-state index in [4.69, 9.17) is 0 Å². The third-order valence-corrected chi connectivity index (χ3v) is 4.00. The summed E-state index contributed by atoms with van der Waals surface area (Å²) in [6, 6.07) is 0. The molecule has 0 amide bonds. The summed E-state index contributed by atoms with van der Waals surface area (Å²) >= 11 is 0. The van der Waals surface area contributed by atoms with E-state index in [1.165, 1.54) is 51.4 Å². The molecule has 0 heterocycles. The number of Topliss-reactive ketones (excluding diaryl/α,β-unsaturated/α-hetero) is 1. The first-order valence-electron chi connectivity index (χ1n) is 7.84. The molecule has 1 fully saturated rings. The maximum Gasteiger partial charge on any atom is 0.135 e. The Labute approximate surface area is 112 Å². The van der Waals surface area contributed by atoms with Crippen LogP contribution in [0.1, 0.15) is 90.4 Å². The summed E-state index contributed by atoms with van der Waals surface area (Å²) in [6.07, 6.45) is 14.1. The van der Waals surface area contributed by atoms with Crippen LogP contribution in [0.4, 0.5) is 0 Å². The molecule has 0 aromatic rings. The van der Waals surface area contributed by atoms with Crippen LogP contribution < -0.4 is 0 Å². The molecule has 0 saturated heterocycles. The lowest BCUT2D eigenvalue weighted by Gasteiger charge is -2.22. The molecule has 1 saturated carbocycles. The normalized spacial score (nSPS) is 30.4. The van der Waals surface area contributed by atoms with Crippen molar-refractivity contribution < 1.29 is 9.90 Å². The van der Waals surface area contributed by atoms with Gasteiger partial charge >= 0.3 is 0 Å². The van der Waals surface area contributed by atoms with Gasteiger partial charge in [-0.15, -0.1) is 0 Å². The number of rotatable bonds is 0. The van der Waals surface area contributed by atoms with Gasteiger partial charge in [-0.25, -0.2) is 0 Å². The largest absolute Gasteiger partial charge is 0.390 e. The van der Waals surface area contributed by atoms with Gasteiger partial charge < -0.3 is 5.11 Å². The summed E-state index contributed by atoms with van der Waals surface area (Å²) < 4.78 is 0. The van der Waals surface area contributed by atoms with Crippen molar-refractivity contribution in [2.75, 3.05) is 0 Å². The summed E-state index contributed by atoms with van der Waals surface area (Å²) in [5.74, 6) is 0.245. The topological polar surface area (TPSA) is 37.3 Å². The van der Waals surface area contributed by atoms with Gasteiger partial charge in [0.2, 0.25) is 0 Å². The highest BCUT2D eigenvalue weighted by molar-refractivity contribution is 5.79. The molecule has 0 aromatic carbocycles. The fraction of sp³-hybridized carbons (Fsp3) is 0.938. The molecule has 0 radical (unpaired) electrons. The average Bonchev–Trinajstić information content (AvgIpc) is 2.29. The van der Waals surface area contributed by atoms with Crippen LogP contribution in [0, 0.1) is 0 Å². The Morgan fingerprint density at radius 1 is 0.833 bits per heavy atom. The third kappa shape index (κ3) is 7.86. The molecule has 0 spiro atoms. The molecule has 18 heavy (non-hydrogen) atoms. The van der Waals surface area contributed by atoms with Crippen LogP contribution in [0.3, 0.4) is 0 Å². The molecule has 2 heteroatoms. The molecule has 2 nitrogen and oxygen atoms in total. The molecule has 0 bridgehead atoms. The zero-order valence-electron chi connectivity index (χ0n) is 12.0. The molecule has 1 rings (SSSR count). The van der Waals surface area contributed by atoms with Crippen LogP contribution in [-0.2, 0) is 4.79 Å². The van der Waals surface area contributed by atoms with Crippen LogP contribution in [0.2, 0.25) is 0 Å². The third-order valence-electron chi connectivity index (χ3n) is 4.00. The average molecular weight is 254 g/mol. The first-order chi connectivity index (χ1) is 8.60. The van der Waals surface area contributed by atoms with Gasteiger partial charge in [0, 0.05) is 12.8 Å². The van der Waals surface area contributed by atoms with E-state index in [1.54, 1.807) is 0 Å². The van der Waals surface area contributed by atoms with Crippen molar-refractivity contribution in [1.82, 2.24) is 0 Å². The van der Waals surface area contributed by atoms with E-state index in [2.05, 4.69) is 0 Å². The van der Waals surface area contributed by atoms with Crippen molar-refractivity contribution >= 4 is 5.78 Å². The summed E-state index contributed by atoms with van der Waals surface area (Å²) in [5, 5.41) is 10.2. The number of carbonyl (C=O) groups is 1. The Hall–Kier alpha value is -0.370. The zero-order chi connectivity index (χ0) is 13.3. The predicted octanol–water partition coefficient (Wildman–Crippen LogP) is 4.39. The van der Waals surface area contributed by atoms with Crippen molar-refractivity contribution in [1.29, 1.82) is 0 Å². The van der Waals surface area contributed by atoms with Crippen LogP contribution in [0.5, 0.6) is 0 Å². The van der Waals surface area contributed by atoms with Gasteiger partial charge in [0.1, 0.15) is 5.78 Å². The first-order valence-corrected chi connectivity index (χ1v) is 7.84. The van der Waals surface area contributed by atoms with Gasteiger partial charge in [-0.3, -0.25) is 4.79 Å².